The Morgan fingerprint density at radius 3 is 2.15 bits per heavy atom. The van der Waals surface area contributed by atoms with Crippen molar-refractivity contribution in [3.8, 4) is 0 Å². The van der Waals surface area contributed by atoms with Gasteiger partial charge in [0.05, 0.1) is 6.54 Å². The quantitative estimate of drug-likeness (QED) is 0.793. The van der Waals surface area contributed by atoms with Crippen LogP contribution in [0.2, 0.25) is 0 Å². The summed E-state index contributed by atoms with van der Waals surface area (Å²) in [6.45, 7) is 6.70. The molecule has 2 amide bonds. The number of nitrogens with zero attached hydrogens (tertiary/aromatic N) is 1. The summed E-state index contributed by atoms with van der Waals surface area (Å²) in [7, 11) is 0. The number of hydrogen-bond acceptors (Lipinski definition) is 4. The Hall–Kier alpha value is -3.09. The van der Waals surface area contributed by atoms with Crippen LogP contribution in [-0.2, 0) is 6.54 Å². The topological polar surface area (TPSA) is 99.9 Å². The molecule has 0 unspecified atom stereocenters. The number of carbonyl (C=O) groups is 3. The van der Waals surface area contributed by atoms with Gasteiger partial charge in [-0.1, -0.05) is 0 Å². The predicted octanol–water partition coefficient (Wildman–Crippen LogP) is 2.70. The fourth-order valence-corrected chi connectivity index (χ4v) is 2.57. The van der Waals surface area contributed by atoms with Crippen LogP contribution in [0.25, 0.3) is 0 Å². The monoisotopic (exact) mass is 358 g/mol. The number of aryl methyl sites for hydroxylation is 1. The first-order valence-corrected chi connectivity index (χ1v) is 8.37. The van der Waals surface area contributed by atoms with Gasteiger partial charge in [0.2, 0.25) is 0 Å². The summed E-state index contributed by atoms with van der Waals surface area (Å²) in [6, 6.07) is 7.80. The molecule has 0 saturated carbocycles. The molecule has 0 aliphatic rings. The lowest BCUT2D eigenvalue weighted by molar-refractivity contribution is 0.0693. The highest BCUT2D eigenvalue weighted by Crippen LogP contribution is 2.15. The third-order valence-corrected chi connectivity index (χ3v) is 4.07. The van der Waals surface area contributed by atoms with E-state index in [4.69, 9.17) is 9.52 Å². The van der Waals surface area contributed by atoms with Gasteiger partial charge in [-0.2, -0.15) is 0 Å². The fourth-order valence-electron chi connectivity index (χ4n) is 2.57. The summed E-state index contributed by atoms with van der Waals surface area (Å²) in [6.07, 6.45) is 0. The Balaban J connectivity index is 2.01. The highest BCUT2D eigenvalue weighted by molar-refractivity contribution is 5.97. The summed E-state index contributed by atoms with van der Waals surface area (Å²) in [5.74, 6) is -0.827. The van der Waals surface area contributed by atoms with Crippen LogP contribution in [0.4, 0.5) is 0 Å². The average molecular weight is 358 g/mol. The lowest BCUT2D eigenvalue weighted by Gasteiger charge is -2.18. The Bertz CT molecular complexity index is 804. The number of hydrogen-bond donors (Lipinski definition) is 2. The molecule has 2 rings (SSSR count). The number of carboxylic acids is 1. The van der Waals surface area contributed by atoms with Crippen LogP contribution in [0.15, 0.2) is 34.7 Å². The highest BCUT2D eigenvalue weighted by atomic mass is 16.4. The van der Waals surface area contributed by atoms with Crippen molar-refractivity contribution in [2.45, 2.75) is 27.3 Å². The largest absolute Gasteiger partial charge is 0.478 e. The van der Waals surface area contributed by atoms with E-state index in [-0.39, 0.29) is 23.9 Å². The van der Waals surface area contributed by atoms with Crippen molar-refractivity contribution in [2.24, 2.45) is 0 Å². The van der Waals surface area contributed by atoms with Crippen molar-refractivity contribution >= 4 is 17.8 Å². The zero-order valence-electron chi connectivity index (χ0n) is 15.0. The lowest BCUT2D eigenvalue weighted by Crippen LogP contribution is -2.30. The number of amides is 2. The molecule has 0 saturated heterocycles. The van der Waals surface area contributed by atoms with Gasteiger partial charge in [0.25, 0.3) is 11.8 Å². The van der Waals surface area contributed by atoms with Crippen LogP contribution < -0.4 is 5.32 Å². The van der Waals surface area contributed by atoms with E-state index < -0.39 is 5.97 Å². The maximum atomic E-state index is 12.3. The number of carbonyl (C=O) groups excluding carboxylic acids is 2. The number of aromatic carboxylic acids is 1. The smallest absolute Gasteiger partial charge is 0.339 e. The molecule has 7 nitrogen and oxygen atoms in total. The minimum atomic E-state index is -1.07. The number of carboxylic acid groups (broad SMARTS) is 1. The van der Waals surface area contributed by atoms with Gasteiger partial charge in [-0.05, 0) is 51.1 Å². The van der Waals surface area contributed by atoms with Gasteiger partial charge in [0.15, 0.2) is 0 Å². The first-order chi connectivity index (χ1) is 12.4. The van der Waals surface area contributed by atoms with Gasteiger partial charge in [-0.25, -0.2) is 4.79 Å². The molecular formula is C19H22N2O5. The Kier molecular flexibility index (Phi) is 6.16. The molecule has 1 aromatic heterocycles. The highest BCUT2D eigenvalue weighted by Gasteiger charge is 2.16. The molecule has 1 heterocycles. The Morgan fingerprint density at radius 1 is 1.08 bits per heavy atom. The first-order valence-electron chi connectivity index (χ1n) is 8.37. The standard InChI is InChI=1S/C19H22N2O5/c1-4-21(5-2)18(23)14-8-6-13(7-9-14)17(22)20-11-15-10-16(19(24)25)12(3)26-15/h6-10H,4-5,11H2,1-3H3,(H,20,22)(H,24,25). The van der Waals surface area contributed by atoms with Crippen molar-refractivity contribution in [1.82, 2.24) is 10.2 Å². The molecule has 0 spiro atoms. The van der Waals surface area contributed by atoms with Crippen LogP contribution in [0, 0.1) is 6.92 Å². The average Bonchev–Trinajstić information content (AvgIpc) is 3.01. The maximum Gasteiger partial charge on any atom is 0.339 e. The van der Waals surface area contributed by atoms with Gasteiger partial charge in [-0.3, -0.25) is 9.59 Å². The van der Waals surface area contributed by atoms with Crippen LogP contribution in [0.3, 0.4) is 0 Å². The number of nitrogens with one attached hydrogen (secondary N) is 1. The van der Waals surface area contributed by atoms with Gasteiger partial charge >= 0.3 is 5.97 Å². The molecule has 7 heteroatoms. The molecule has 0 bridgehead atoms. The van der Waals surface area contributed by atoms with Gasteiger partial charge in [-0.15, -0.1) is 0 Å². The lowest BCUT2D eigenvalue weighted by atomic mass is 10.1. The summed E-state index contributed by atoms with van der Waals surface area (Å²) in [4.78, 5) is 37.2. The third kappa shape index (κ3) is 4.30. The van der Waals surface area contributed by atoms with E-state index in [1.165, 1.54) is 6.07 Å². The van der Waals surface area contributed by atoms with Crippen LogP contribution >= 0.6 is 0 Å². The number of rotatable bonds is 7. The molecule has 0 aliphatic heterocycles. The van der Waals surface area contributed by atoms with E-state index in [1.54, 1.807) is 36.1 Å². The second kappa shape index (κ2) is 8.33. The van der Waals surface area contributed by atoms with Crippen LogP contribution in [-0.4, -0.2) is 40.9 Å². The molecule has 138 valence electrons. The number of furan rings is 1. The van der Waals surface area contributed by atoms with Gasteiger partial charge < -0.3 is 19.7 Å². The molecule has 0 radical (unpaired) electrons. The SMILES string of the molecule is CCN(CC)C(=O)c1ccc(C(=O)NCc2cc(C(=O)O)c(C)o2)cc1. The van der Waals surface area contributed by atoms with E-state index in [1.807, 2.05) is 13.8 Å². The van der Waals surface area contributed by atoms with Crippen molar-refractivity contribution in [1.29, 1.82) is 0 Å². The molecule has 26 heavy (non-hydrogen) atoms. The van der Waals surface area contributed by atoms with Gasteiger partial charge in [0.1, 0.15) is 17.1 Å². The van der Waals surface area contributed by atoms with E-state index in [9.17, 15) is 14.4 Å². The van der Waals surface area contributed by atoms with Crippen molar-refractivity contribution in [2.75, 3.05) is 13.1 Å². The molecule has 0 aliphatic carbocycles. The van der Waals surface area contributed by atoms with Crippen molar-refractivity contribution in [3.05, 3.63) is 58.5 Å². The molecule has 0 fully saturated rings. The Morgan fingerprint density at radius 2 is 1.65 bits per heavy atom. The molecule has 2 aromatic rings. The van der Waals surface area contributed by atoms with Crippen molar-refractivity contribution in [3.63, 3.8) is 0 Å². The zero-order valence-corrected chi connectivity index (χ0v) is 15.0. The minimum absolute atomic E-state index is 0.0748. The second-order valence-electron chi connectivity index (χ2n) is 5.73. The van der Waals surface area contributed by atoms with Gasteiger partial charge in [0, 0.05) is 24.2 Å². The molecule has 1 aromatic carbocycles. The van der Waals surface area contributed by atoms with E-state index >= 15 is 0 Å². The van der Waals surface area contributed by atoms with E-state index in [0.717, 1.165) is 0 Å². The summed E-state index contributed by atoms with van der Waals surface area (Å²) >= 11 is 0. The normalized spacial score (nSPS) is 10.4. The fraction of sp³-hybridized carbons (Fsp3) is 0.316. The zero-order chi connectivity index (χ0) is 19.3. The van der Waals surface area contributed by atoms with Crippen molar-refractivity contribution < 1.29 is 23.9 Å². The first kappa shape index (κ1) is 19.2. The predicted molar refractivity (Wildman–Crippen MR) is 95.3 cm³/mol. The summed E-state index contributed by atoms with van der Waals surface area (Å²) < 4.78 is 5.32. The second-order valence-corrected chi connectivity index (χ2v) is 5.73. The summed E-state index contributed by atoms with van der Waals surface area (Å²) in [5, 5.41) is 11.7. The van der Waals surface area contributed by atoms with E-state index in [2.05, 4.69) is 5.32 Å². The maximum absolute atomic E-state index is 12.3. The van der Waals surface area contributed by atoms with E-state index in [0.29, 0.717) is 35.7 Å². The summed E-state index contributed by atoms with van der Waals surface area (Å²) in [5.41, 5.74) is 1.01. The number of benzene rings is 1. The minimum Gasteiger partial charge on any atom is -0.478 e. The third-order valence-electron chi connectivity index (χ3n) is 4.07. The molecular weight excluding hydrogens is 336 g/mol. The Labute approximate surface area is 151 Å². The molecule has 2 N–H and O–H groups in total. The van der Waals surface area contributed by atoms with Crippen LogP contribution in [0.1, 0.15) is 56.4 Å². The molecule has 0 atom stereocenters. The van der Waals surface area contributed by atoms with Crippen LogP contribution in [0.5, 0.6) is 0 Å².